The maximum atomic E-state index is 13.1. The van der Waals surface area contributed by atoms with Gasteiger partial charge in [0.15, 0.2) is 5.75 Å². The lowest BCUT2D eigenvalue weighted by atomic mass is 9.75. The minimum Gasteiger partial charge on any atom is -0.501 e. The van der Waals surface area contributed by atoms with Gasteiger partial charge in [0.2, 0.25) is 17.2 Å². The van der Waals surface area contributed by atoms with Crippen molar-refractivity contribution < 1.29 is 28.5 Å². The van der Waals surface area contributed by atoms with Gasteiger partial charge >= 0.3 is 0 Å². The van der Waals surface area contributed by atoms with E-state index in [1.165, 1.54) is 33.5 Å². The maximum Gasteiger partial charge on any atom is 0.236 e. The zero-order chi connectivity index (χ0) is 17.6. The SMILES string of the molecule is COC1=CC(=O)[C@@]2(Oc3c(Cl)c(OC)cc(OC)c3C2=O)[C@H](C)C1. The number of fused-ring (bicyclic) bond motifs is 1. The minimum absolute atomic E-state index is 0.118. The molecular formula is C17H17ClO6. The number of carbonyl (C=O) groups excluding carboxylic acids is 2. The van der Waals surface area contributed by atoms with Crippen molar-refractivity contribution in [1.82, 2.24) is 0 Å². The van der Waals surface area contributed by atoms with Crippen LogP contribution in [0.2, 0.25) is 5.02 Å². The maximum absolute atomic E-state index is 13.1. The van der Waals surface area contributed by atoms with Gasteiger partial charge in [0.05, 0.1) is 27.1 Å². The summed E-state index contributed by atoms with van der Waals surface area (Å²) in [5.74, 6) is -0.139. The van der Waals surface area contributed by atoms with Gasteiger partial charge in [0, 0.05) is 24.5 Å². The van der Waals surface area contributed by atoms with Crippen LogP contribution in [0.5, 0.6) is 17.2 Å². The van der Waals surface area contributed by atoms with E-state index in [9.17, 15) is 9.59 Å². The Morgan fingerprint density at radius 3 is 2.38 bits per heavy atom. The molecule has 7 heteroatoms. The first-order chi connectivity index (χ1) is 11.4. The second-order valence-electron chi connectivity index (χ2n) is 5.75. The van der Waals surface area contributed by atoms with Gasteiger partial charge in [-0.1, -0.05) is 18.5 Å². The molecule has 1 spiro atoms. The van der Waals surface area contributed by atoms with E-state index in [2.05, 4.69) is 0 Å². The van der Waals surface area contributed by atoms with Gasteiger partial charge in [-0.3, -0.25) is 9.59 Å². The Bertz CT molecular complexity index is 769. The van der Waals surface area contributed by atoms with Crippen LogP contribution >= 0.6 is 11.6 Å². The van der Waals surface area contributed by atoms with Crippen molar-refractivity contribution >= 4 is 23.2 Å². The van der Waals surface area contributed by atoms with E-state index in [0.29, 0.717) is 17.9 Å². The Kier molecular flexibility index (Phi) is 3.95. The molecule has 0 bridgehead atoms. The van der Waals surface area contributed by atoms with Crippen LogP contribution in [0.3, 0.4) is 0 Å². The number of rotatable bonds is 3. The molecule has 128 valence electrons. The van der Waals surface area contributed by atoms with Crippen LogP contribution in [0.25, 0.3) is 0 Å². The summed E-state index contributed by atoms with van der Waals surface area (Å²) in [7, 11) is 4.36. The summed E-state index contributed by atoms with van der Waals surface area (Å²) in [6.07, 6.45) is 1.71. The molecule has 3 rings (SSSR count). The average molecular weight is 353 g/mol. The number of hydrogen-bond donors (Lipinski definition) is 0. The van der Waals surface area contributed by atoms with Crippen molar-refractivity contribution in [2.24, 2.45) is 5.92 Å². The van der Waals surface area contributed by atoms with Gasteiger partial charge in [-0.15, -0.1) is 0 Å². The van der Waals surface area contributed by atoms with Crippen molar-refractivity contribution in [1.29, 1.82) is 0 Å². The summed E-state index contributed by atoms with van der Waals surface area (Å²) in [6, 6.07) is 1.51. The molecule has 0 saturated heterocycles. The third-order valence-corrected chi connectivity index (χ3v) is 4.90. The minimum atomic E-state index is -1.65. The van der Waals surface area contributed by atoms with Gasteiger partial charge in [0.25, 0.3) is 0 Å². The number of halogens is 1. The standard InChI is InChI=1S/C17H17ClO6/c1-8-5-9(21-2)6-12(19)17(8)16(20)13-10(22-3)7-11(23-4)14(18)15(13)24-17/h6-8H,5H2,1-4H3/t8-,17+/m1/s1. The number of ether oxygens (including phenoxy) is 4. The van der Waals surface area contributed by atoms with Crippen molar-refractivity contribution in [2.45, 2.75) is 18.9 Å². The molecule has 2 atom stereocenters. The second kappa shape index (κ2) is 5.70. The first kappa shape index (κ1) is 16.6. The lowest BCUT2D eigenvalue weighted by Crippen LogP contribution is -2.54. The summed E-state index contributed by atoms with van der Waals surface area (Å²) in [5, 5.41) is 0.139. The van der Waals surface area contributed by atoms with Crippen molar-refractivity contribution in [3.8, 4) is 17.2 Å². The third kappa shape index (κ3) is 2.02. The lowest BCUT2D eigenvalue weighted by Gasteiger charge is -2.34. The highest BCUT2D eigenvalue weighted by molar-refractivity contribution is 6.36. The molecule has 0 N–H and O–H groups in total. The predicted octanol–water partition coefficient (Wildman–Crippen LogP) is 2.81. The molecule has 1 aromatic carbocycles. The quantitative estimate of drug-likeness (QED) is 0.779. The highest BCUT2D eigenvalue weighted by Gasteiger charge is 2.60. The molecule has 0 fully saturated rings. The molecule has 1 aromatic rings. The van der Waals surface area contributed by atoms with Gasteiger partial charge in [0.1, 0.15) is 22.1 Å². The summed E-state index contributed by atoms with van der Waals surface area (Å²) in [4.78, 5) is 25.9. The third-order valence-electron chi connectivity index (χ3n) is 4.54. The number of ketones is 2. The van der Waals surface area contributed by atoms with Gasteiger partial charge < -0.3 is 18.9 Å². The fourth-order valence-electron chi connectivity index (χ4n) is 3.23. The normalized spacial score (nSPS) is 25.2. The number of carbonyl (C=O) groups is 2. The Morgan fingerprint density at radius 2 is 1.83 bits per heavy atom. The van der Waals surface area contributed by atoms with E-state index >= 15 is 0 Å². The lowest BCUT2D eigenvalue weighted by molar-refractivity contribution is -0.129. The van der Waals surface area contributed by atoms with Crippen molar-refractivity contribution in [3.05, 3.63) is 28.5 Å². The summed E-state index contributed by atoms with van der Waals surface area (Å²) < 4.78 is 21.5. The van der Waals surface area contributed by atoms with Crippen LogP contribution in [0.15, 0.2) is 17.9 Å². The Hall–Kier alpha value is -2.21. The molecule has 1 aliphatic heterocycles. The largest absolute Gasteiger partial charge is 0.501 e. The Morgan fingerprint density at radius 1 is 1.17 bits per heavy atom. The van der Waals surface area contributed by atoms with Crippen LogP contribution in [0.4, 0.5) is 0 Å². The molecule has 0 unspecified atom stereocenters. The average Bonchev–Trinajstić information content (AvgIpc) is 2.88. The summed E-state index contributed by atoms with van der Waals surface area (Å²) >= 11 is 6.29. The summed E-state index contributed by atoms with van der Waals surface area (Å²) in [6.45, 7) is 1.77. The molecular weight excluding hydrogens is 336 g/mol. The molecule has 1 aliphatic carbocycles. The molecule has 0 amide bonds. The van der Waals surface area contributed by atoms with Gasteiger partial charge in [-0.05, 0) is 0 Å². The monoisotopic (exact) mass is 352 g/mol. The van der Waals surface area contributed by atoms with Crippen LogP contribution in [0.1, 0.15) is 23.7 Å². The summed E-state index contributed by atoms with van der Waals surface area (Å²) in [5.41, 5.74) is -1.48. The molecule has 6 nitrogen and oxygen atoms in total. The zero-order valence-corrected chi connectivity index (χ0v) is 14.5. The predicted molar refractivity (Wildman–Crippen MR) is 86.1 cm³/mol. The topological polar surface area (TPSA) is 71.1 Å². The Balaban J connectivity index is 2.20. The smallest absolute Gasteiger partial charge is 0.236 e. The fourth-order valence-corrected chi connectivity index (χ4v) is 3.50. The highest BCUT2D eigenvalue weighted by Crippen LogP contribution is 2.52. The van der Waals surface area contributed by atoms with Gasteiger partial charge in [-0.2, -0.15) is 0 Å². The van der Waals surface area contributed by atoms with Crippen molar-refractivity contribution in [3.63, 3.8) is 0 Å². The number of Topliss-reactive ketones (excluding diaryl/α,β-unsaturated/α-hetero) is 1. The van der Waals surface area contributed by atoms with E-state index in [-0.39, 0.29) is 22.1 Å². The van der Waals surface area contributed by atoms with Crippen LogP contribution in [0, 0.1) is 5.92 Å². The first-order valence-electron chi connectivity index (χ1n) is 7.38. The van der Waals surface area contributed by atoms with Gasteiger partial charge in [-0.25, -0.2) is 0 Å². The molecule has 0 radical (unpaired) electrons. The van der Waals surface area contributed by atoms with Crippen LogP contribution in [-0.2, 0) is 9.53 Å². The van der Waals surface area contributed by atoms with E-state index < -0.39 is 23.1 Å². The number of allylic oxidation sites excluding steroid dienone is 1. The molecule has 2 aliphatic rings. The molecule has 1 heterocycles. The fraction of sp³-hybridized carbons (Fsp3) is 0.412. The van der Waals surface area contributed by atoms with E-state index in [1.807, 2.05) is 0 Å². The molecule has 24 heavy (non-hydrogen) atoms. The number of hydrogen-bond acceptors (Lipinski definition) is 6. The number of benzene rings is 1. The van der Waals surface area contributed by atoms with E-state index in [0.717, 1.165) is 0 Å². The molecule has 0 aromatic heterocycles. The first-order valence-corrected chi connectivity index (χ1v) is 7.75. The number of methoxy groups -OCH3 is 3. The second-order valence-corrected chi connectivity index (χ2v) is 6.13. The van der Waals surface area contributed by atoms with Crippen molar-refractivity contribution in [2.75, 3.05) is 21.3 Å². The Labute approximate surface area is 144 Å². The van der Waals surface area contributed by atoms with E-state index in [4.69, 9.17) is 30.5 Å². The zero-order valence-electron chi connectivity index (χ0n) is 13.8. The van der Waals surface area contributed by atoms with Crippen LogP contribution in [-0.4, -0.2) is 38.5 Å². The van der Waals surface area contributed by atoms with Crippen LogP contribution < -0.4 is 14.2 Å². The van der Waals surface area contributed by atoms with E-state index in [1.54, 1.807) is 6.92 Å². The molecule has 0 saturated carbocycles. The highest BCUT2D eigenvalue weighted by atomic mass is 35.5.